The molecule has 0 amide bonds. The molecule has 0 N–H and O–H groups in total. The predicted molar refractivity (Wildman–Crippen MR) is 184 cm³/mol. The van der Waals surface area contributed by atoms with Gasteiger partial charge in [0.2, 0.25) is 5.71 Å². The van der Waals surface area contributed by atoms with Crippen LogP contribution < -0.4 is 0 Å². The first-order chi connectivity index (χ1) is 21.9. The van der Waals surface area contributed by atoms with Crippen molar-refractivity contribution in [2.75, 3.05) is 0 Å². The van der Waals surface area contributed by atoms with Crippen LogP contribution in [0.25, 0.3) is 66.5 Å². The van der Waals surface area contributed by atoms with Crippen LogP contribution in [0.15, 0.2) is 120 Å². The summed E-state index contributed by atoms with van der Waals surface area (Å²) in [5.41, 5.74) is 12.1. The van der Waals surface area contributed by atoms with Crippen molar-refractivity contribution in [1.29, 1.82) is 0 Å². The van der Waals surface area contributed by atoms with Gasteiger partial charge in [0.05, 0.1) is 5.58 Å². The fraction of sp³-hybridized carbons (Fsp3) is 0.0976. The molecule has 0 aliphatic carbocycles. The van der Waals surface area contributed by atoms with Crippen molar-refractivity contribution in [2.24, 2.45) is 0 Å². The number of aryl methyl sites for hydroxylation is 4. The number of pyridine rings is 3. The minimum atomic E-state index is 0. The Labute approximate surface area is 282 Å². The third-order valence-corrected chi connectivity index (χ3v) is 8.12. The summed E-state index contributed by atoms with van der Waals surface area (Å²) in [6.45, 7) is 8.24. The van der Waals surface area contributed by atoms with Gasteiger partial charge in [-0.05, 0) is 83.4 Å². The normalized spacial score (nSPS) is 10.9. The predicted octanol–water partition coefficient (Wildman–Crippen LogP) is 10.4. The molecule has 8 aromatic rings. The molecule has 8 rings (SSSR count). The molecule has 4 aromatic heterocycles. The van der Waals surface area contributed by atoms with E-state index in [0.717, 1.165) is 50.1 Å². The van der Waals surface area contributed by atoms with Crippen LogP contribution in [0.1, 0.15) is 22.4 Å². The molecule has 5 heteroatoms. The van der Waals surface area contributed by atoms with Crippen molar-refractivity contribution in [3.63, 3.8) is 0 Å². The second-order valence-corrected chi connectivity index (χ2v) is 11.4. The van der Waals surface area contributed by atoms with E-state index < -0.39 is 0 Å². The van der Waals surface area contributed by atoms with Gasteiger partial charge in [0.1, 0.15) is 0 Å². The van der Waals surface area contributed by atoms with Crippen molar-refractivity contribution < 1.29 is 24.5 Å². The topological polar surface area (TPSA) is 51.8 Å². The van der Waals surface area contributed by atoms with Crippen molar-refractivity contribution in [3.8, 4) is 33.6 Å². The summed E-state index contributed by atoms with van der Waals surface area (Å²) in [7, 11) is 0. The van der Waals surface area contributed by atoms with Crippen LogP contribution in [0, 0.1) is 39.8 Å². The molecule has 0 bridgehead atoms. The number of benzene rings is 4. The maximum atomic E-state index is 6.16. The van der Waals surface area contributed by atoms with Gasteiger partial charge in [-0.2, -0.15) is 0 Å². The number of rotatable bonds is 3. The van der Waals surface area contributed by atoms with Gasteiger partial charge in [0.15, 0.2) is 0 Å². The van der Waals surface area contributed by atoms with Gasteiger partial charge in [-0.1, -0.05) is 72.5 Å². The SMILES string of the molecule is Cc1c[c-]c(-c2ccc(C)cn2)cc1.Cc1ccc2c(n1)oc1c(-c3cc(-c4ccc5ccccc5c4C)ccn3)[c-]ccc12.[Ir]. The van der Waals surface area contributed by atoms with Gasteiger partial charge < -0.3 is 14.4 Å². The number of fused-ring (bicyclic) bond motifs is 4. The van der Waals surface area contributed by atoms with Crippen LogP contribution in [0.2, 0.25) is 0 Å². The van der Waals surface area contributed by atoms with E-state index in [0.29, 0.717) is 5.71 Å². The number of aromatic nitrogens is 3. The van der Waals surface area contributed by atoms with Gasteiger partial charge >= 0.3 is 0 Å². The Morgan fingerprint density at radius 2 is 1.52 bits per heavy atom. The van der Waals surface area contributed by atoms with Gasteiger partial charge in [-0.3, -0.25) is 0 Å². The Morgan fingerprint density at radius 3 is 2.33 bits per heavy atom. The van der Waals surface area contributed by atoms with Gasteiger partial charge in [-0.15, -0.1) is 53.6 Å². The molecule has 4 nitrogen and oxygen atoms in total. The summed E-state index contributed by atoms with van der Waals surface area (Å²) >= 11 is 0. The number of hydrogen-bond acceptors (Lipinski definition) is 4. The van der Waals surface area contributed by atoms with Crippen LogP contribution in [0.3, 0.4) is 0 Å². The van der Waals surface area contributed by atoms with E-state index in [9.17, 15) is 0 Å². The van der Waals surface area contributed by atoms with Crippen molar-refractivity contribution in [1.82, 2.24) is 15.0 Å². The maximum Gasteiger partial charge on any atom is 0.216 e. The zero-order chi connectivity index (χ0) is 30.9. The number of furan rings is 1. The number of hydrogen-bond donors (Lipinski definition) is 0. The first-order valence-corrected chi connectivity index (χ1v) is 15.0. The second-order valence-electron chi connectivity index (χ2n) is 11.4. The molecule has 0 saturated heterocycles. The fourth-order valence-corrected chi connectivity index (χ4v) is 5.67. The van der Waals surface area contributed by atoms with Crippen LogP contribution in [0.5, 0.6) is 0 Å². The Kier molecular flexibility index (Phi) is 8.89. The van der Waals surface area contributed by atoms with E-state index in [4.69, 9.17) is 4.42 Å². The summed E-state index contributed by atoms with van der Waals surface area (Å²) in [6.07, 6.45) is 3.74. The fourth-order valence-electron chi connectivity index (χ4n) is 5.67. The summed E-state index contributed by atoms with van der Waals surface area (Å²) in [5.74, 6) is 0. The molecule has 4 heterocycles. The molecular formula is C41H31IrN3O-2. The Balaban J connectivity index is 0.000000209. The largest absolute Gasteiger partial charge is 0.486 e. The first-order valence-electron chi connectivity index (χ1n) is 15.0. The Morgan fingerprint density at radius 1 is 0.674 bits per heavy atom. The molecule has 0 atom stereocenters. The van der Waals surface area contributed by atoms with E-state index in [1.54, 1.807) is 0 Å². The molecule has 4 aromatic carbocycles. The molecule has 0 aliphatic heterocycles. The van der Waals surface area contributed by atoms with Crippen molar-refractivity contribution >= 4 is 32.8 Å². The first kappa shape index (κ1) is 31.0. The van der Waals surface area contributed by atoms with Crippen molar-refractivity contribution in [3.05, 3.63) is 150 Å². The quantitative estimate of drug-likeness (QED) is 0.168. The maximum absolute atomic E-state index is 6.16. The van der Waals surface area contributed by atoms with Gasteiger partial charge in [-0.25, -0.2) is 4.98 Å². The number of nitrogens with zero attached hydrogens (tertiary/aromatic N) is 3. The van der Waals surface area contributed by atoms with E-state index in [1.165, 1.54) is 33.0 Å². The molecule has 227 valence electrons. The van der Waals surface area contributed by atoms with Crippen LogP contribution in [-0.4, -0.2) is 15.0 Å². The molecule has 1 radical (unpaired) electrons. The van der Waals surface area contributed by atoms with E-state index in [1.807, 2.05) is 62.6 Å². The van der Waals surface area contributed by atoms with E-state index in [2.05, 4.69) is 108 Å². The molecule has 46 heavy (non-hydrogen) atoms. The minimum Gasteiger partial charge on any atom is -0.486 e. The third kappa shape index (κ3) is 6.12. The average molecular weight is 774 g/mol. The van der Waals surface area contributed by atoms with Crippen molar-refractivity contribution in [2.45, 2.75) is 27.7 Å². The smallest absolute Gasteiger partial charge is 0.216 e. The monoisotopic (exact) mass is 774 g/mol. The summed E-state index contributed by atoms with van der Waals surface area (Å²) < 4.78 is 6.16. The van der Waals surface area contributed by atoms with E-state index in [-0.39, 0.29) is 20.1 Å². The molecule has 0 fully saturated rings. The zero-order valence-corrected chi connectivity index (χ0v) is 28.4. The Bertz CT molecular complexity index is 2260. The van der Waals surface area contributed by atoms with Gasteiger partial charge in [0, 0.05) is 43.6 Å². The Hall–Kier alpha value is -4.96. The summed E-state index contributed by atoms with van der Waals surface area (Å²) in [5, 5.41) is 4.56. The van der Waals surface area contributed by atoms with Crippen LogP contribution in [0.4, 0.5) is 0 Å². The summed E-state index contributed by atoms with van der Waals surface area (Å²) in [4.78, 5) is 13.6. The minimum absolute atomic E-state index is 0. The average Bonchev–Trinajstić information content (AvgIpc) is 3.44. The van der Waals surface area contributed by atoms with E-state index >= 15 is 0 Å². The standard InChI is InChI=1S/C28H19N2O.C13H12N.Ir/c1-17-10-12-24-23-8-5-9-25(27(23)31-28(24)30-17)26-16-20(14-15-29-26)22-13-11-19-6-3-4-7-21(19)18(22)2;1-10-3-6-12(7-4-10)13-8-5-11(2)9-14-13;/h3-8,10-16H,1-2H3;3-6,8-9H,1-2H3;/q2*-1;. The summed E-state index contributed by atoms with van der Waals surface area (Å²) in [6, 6.07) is 41.8. The second kappa shape index (κ2) is 13.2. The molecule has 0 spiro atoms. The molecule has 0 saturated carbocycles. The third-order valence-electron chi connectivity index (χ3n) is 8.12. The van der Waals surface area contributed by atoms with Crippen LogP contribution in [-0.2, 0) is 20.1 Å². The zero-order valence-electron chi connectivity index (χ0n) is 26.1. The van der Waals surface area contributed by atoms with Gasteiger partial charge in [0.25, 0.3) is 0 Å². The molecule has 0 aliphatic rings. The van der Waals surface area contributed by atoms with Crippen LogP contribution >= 0.6 is 0 Å². The molecular weight excluding hydrogens is 743 g/mol. The molecule has 0 unspecified atom stereocenters.